The van der Waals surface area contributed by atoms with E-state index in [1.165, 1.54) is 21.8 Å². The van der Waals surface area contributed by atoms with Crippen molar-refractivity contribution in [3.8, 4) is 5.75 Å². The van der Waals surface area contributed by atoms with E-state index in [4.69, 9.17) is 26.5 Å². The maximum absolute atomic E-state index is 13.3. The molecule has 35 heavy (non-hydrogen) atoms. The number of aromatic amines is 1. The first-order chi connectivity index (χ1) is 16.9. The third kappa shape index (κ3) is 5.41. The Balaban J connectivity index is 1.69. The Morgan fingerprint density at radius 3 is 2.89 bits per heavy atom. The summed E-state index contributed by atoms with van der Waals surface area (Å²) in [5.41, 5.74) is 6.30. The van der Waals surface area contributed by atoms with Crippen LogP contribution in [-0.4, -0.2) is 22.1 Å². The minimum Gasteiger partial charge on any atom is -0.488 e. The first-order valence-corrected chi connectivity index (χ1v) is 11.5. The number of hydrogen-bond acceptors (Lipinski definition) is 6. The van der Waals surface area contributed by atoms with Gasteiger partial charge in [-0.3, -0.25) is 24.0 Å². The van der Waals surface area contributed by atoms with E-state index < -0.39 is 17.2 Å². The number of rotatable bonds is 8. The summed E-state index contributed by atoms with van der Waals surface area (Å²) in [5, 5.41) is 0.572. The van der Waals surface area contributed by atoms with E-state index in [-0.39, 0.29) is 24.7 Å². The molecule has 4 rings (SSSR count). The van der Waals surface area contributed by atoms with Crippen LogP contribution in [0.2, 0.25) is 5.02 Å². The van der Waals surface area contributed by atoms with Crippen LogP contribution in [0.25, 0.3) is 6.08 Å². The summed E-state index contributed by atoms with van der Waals surface area (Å²) < 4.78 is 12.4. The van der Waals surface area contributed by atoms with Crippen LogP contribution in [0.4, 0.5) is 11.5 Å². The molecule has 3 N–H and O–H groups in total. The van der Waals surface area contributed by atoms with Crippen LogP contribution in [0.15, 0.2) is 68.3 Å². The van der Waals surface area contributed by atoms with Gasteiger partial charge in [0.1, 0.15) is 23.9 Å². The summed E-state index contributed by atoms with van der Waals surface area (Å²) in [6.07, 6.45) is 7.78. The molecule has 1 amide bonds. The third-order valence-electron chi connectivity index (χ3n) is 5.53. The van der Waals surface area contributed by atoms with Crippen LogP contribution in [0, 0.1) is 0 Å². The fraction of sp³-hybridized carbons (Fsp3) is 0.240. The van der Waals surface area contributed by atoms with E-state index in [1.54, 1.807) is 36.4 Å². The van der Waals surface area contributed by atoms with Crippen LogP contribution in [0.3, 0.4) is 0 Å². The van der Waals surface area contributed by atoms with Crippen LogP contribution in [0.5, 0.6) is 5.75 Å². The largest absolute Gasteiger partial charge is 0.488 e. The number of furan rings is 1. The van der Waals surface area contributed by atoms with Crippen molar-refractivity contribution in [2.24, 2.45) is 0 Å². The van der Waals surface area contributed by atoms with Gasteiger partial charge in [0.05, 0.1) is 12.8 Å². The first-order valence-electron chi connectivity index (χ1n) is 11.1. The van der Waals surface area contributed by atoms with Crippen molar-refractivity contribution in [3.05, 3.63) is 91.5 Å². The van der Waals surface area contributed by atoms with E-state index in [9.17, 15) is 14.4 Å². The summed E-state index contributed by atoms with van der Waals surface area (Å²) in [5.74, 6) is 0.549. The van der Waals surface area contributed by atoms with E-state index >= 15 is 0 Å². The predicted molar refractivity (Wildman–Crippen MR) is 135 cm³/mol. The van der Waals surface area contributed by atoms with Crippen LogP contribution in [-0.2, 0) is 17.9 Å². The number of nitrogens with one attached hydrogen (secondary N) is 1. The second-order valence-corrected chi connectivity index (χ2v) is 8.46. The minimum atomic E-state index is -0.752. The van der Waals surface area contributed by atoms with Crippen molar-refractivity contribution < 1.29 is 13.9 Å². The summed E-state index contributed by atoms with van der Waals surface area (Å²) in [6.45, 7) is 2.50. The van der Waals surface area contributed by atoms with E-state index in [0.29, 0.717) is 29.5 Å². The molecule has 0 saturated heterocycles. The van der Waals surface area contributed by atoms with Gasteiger partial charge in [0.15, 0.2) is 5.69 Å². The normalized spacial score (nSPS) is 12.8. The molecule has 1 aliphatic rings. The smallest absolute Gasteiger partial charge is 0.330 e. The number of nitrogen functional groups attached to an aromatic ring is 1. The Labute approximate surface area is 206 Å². The Morgan fingerprint density at radius 2 is 2.14 bits per heavy atom. The van der Waals surface area contributed by atoms with Gasteiger partial charge in [-0.2, -0.15) is 0 Å². The highest BCUT2D eigenvalue weighted by atomic mass is 35.5. The topological polar surface area (TPSA) is 124 Å². The minimum absolute atomic E-state index is 0.0522. The number of unbranched alkanes of at least 4 members (excludes halogenated alkanes) is 1. The third-order valence-corrected chi connectivity index (χ3v) is 5.76. The zero-order valence-corrected chi connectivity index (χ0v) is 19.9. The maximum atomic E-state index is 13.3. The molecule has 9 nitrogen and oxygen atoms in total. The number of amides is 1. The monoisotopic (exact) mass is 496 g/mol. The number of nitrogens with zero attached hydrogens (tertiary/aromatic N) is 2. The van der Waals surface area contributed by atoms with Crippen molar-refractivity contribution >= 4 is 35.1 Å². The van der Waals surface area contributed by atoms with Gasteiger partial charge in [0, 0.05) is 23.2 Å². The van der Waals surface area contributed by atoms with Crippen molar-refractivity contribution in [1.82, 2.24) is 9.55 Å². The Hall–Kier alpha value is -3.98. The summed E-state index contributed by atoms with van der Waals surface area (Å²) in [7, 11) is 0. The zero-order chi connectivity index (χ0) is 24.9. The fourth-order valence-corrected chi connectivity index (χ4v) is 3.91. The molecule has 182 valence electrons. The number of benzene rings is 1. The van der Waals surface area contributed by atoms with Gasteiger partial charge in [-0.05, 0) is 48.4 Å². The molecule has 0 radical (unpaired) electrons. The molecule has 3 heterocycles. The standard InChI is InChI=1S/C25H25ClN4O5/c1-2-3-10-29-23(27)22(24(32)28-25(29)33)30(14-19-5-4-11-34-19)21(31)9-6-16-12-17-13-18(26)7-8-20(17)35-15-16/h4-9,11-13H,2-3,10,14-15,27H2,1H3,(H,28,32,33)/b9-6+. The molecule has 2 aromatic heterocycles. The average molecular weight is 497 g/mol. The van der Waals surface area contributed by atoms with Crippen LogP contribution < -0.4 is 26.6 Å². The van der Waals surface area contributed by atoms with Gasteiger partial charge < -0.3 is 14.9 Å². The Bertz CT molecular complexity index is 1400. The van der Waals surface area contributed by atoms with E-state index in [0.717, 1.165) is 17.6 Å². The maximum Gasteiger partial charge on any atom is 0.330 e. The lowest BCUT2D eigenvalue weighted by molar-refractivity contribution is -0.114. The lowest BCUT2D eigenvalue weighted by Crippen LogP contribution is -2.40. The number of aromatic nitrogens is 2. The van der Waals surface area contributed by atoms with E-state index in [1.807, 2.05) is 13.0 Å². The van der Waals surface area contributed by atoms with Crippen LogP contribution >= 0.6 is 11.6 Å². The van der Waals surface area contributed by atoms with Crippen molar-refractivity contribution in [2.75, 3.05) is 17.2 Å². The second kappa shape index (κ2) is 10.5. The highest BCUT2D eigenvalue weighted by Crippen LogP contribution is 2.29. The molecule has 0 atom stereocenters. The van der Waals surface area contributed by atoms with Crippen LogP contribution in [0.1, 0.15) is 31.1 Å². The predicted octanol–water partition coefficient (Wildman–Crippen LogP) is 3.73. The first kappa shape index (κ1) is 24.2. The molecular formula is C25H25ClN4O5. The molecule has 0 fully saturated rings. The number of hydrogen-bond donors (Lipinski definition) is 2. The molecule has 0 bridgehead atoms. The molecular weight excluding hydrogens is 472 g/mol. The number of nitrogens with two attached hydrogens (primary N) is 1. The zero-order valence-electron chi connectivity index (χ0n) is 19.1. The lowest BCUT2D eigenvalue weighted by Gasteiger charge is -2.23. The molecule has 3 aromatic rings. The Kier molecular flexibility index (Phi) is 7.26. The quantitative estimate of drug-likeness (QED) is 0.458. The van der Waals surface area contributed by atoms with Gasteiger partial charge in [-0.25, -0.2) is 4.79 Å². The number of carbonyl (C=O) groups excluding carboxylic acids is 1. The van der Waals surface area contributed by atoms with Crippen molar-refractivity contribution in [2.45, 2.75) is 32.9 Å². The van der Waals surface area contributed by atoms with Gasteiger partial charge in [0.25, 0.3) is 11.5 Å². The number of anilines is 2. The second-order valence-electron chi connectivity index (χ2n) is 8.03. The molecule has 10 heteroatoms. The Morgan fingerprint density at radius 1 is 1.31 bits per heavy atom. The summed E-state index contributed by atoms with van der Waals surface area (Å²) in [4.78, 5) is 41.9. The highest BCUT2D eigenvalue weighted by molar-refractivity contribution is 6.30. The lowest BCUT2D eigenvalue weighted by atomic mass is 10.1. The molecule has 1 aromatic carbocycles. The van der Waals surface area contributed by atoms with Crippen molar-refractivity contribution in [3.63, 3.8) is 0 Å². The summed E-state index contributed by atoms with van der Waals surface area (Å²) in [6, 6.07) is 8.66. The number of halogens is 1. The number of fused-ring (bicyclic) bond motifs is 1. The van der Waals surface area contributed by atoms with Gasteiger partial charge in [-0.15, -0.1) is 0 Å². The fourth-order valence-electron chi connectivity index (χ4n) is 3.73. The van der Waals surface area contributed by atoms with Gasteiger partial charge >= 0.3 is 5.69 Å². The highest BCUT2D eigenvalue weighted by Gasteiger charge is 2.24. The molecule has 0 saturated carbocycles. The molecule has 0 aliphatic carbocycles. The number of carbonyl (C=O) groups is 1. The van der Waals surface area contributed by atoms with Crippen molar-refractivity contribution in [1.29, 1.82) is 0 Å². The number of H-pyrrole nitrogens is 1. The van der Waals surface area contributed by atoms with Gasteiger partial charge in [0.2, 0.25) is 0 Å². The van der Waals surface area contributed by atoms with E-state index in [2.05, 4.69) is 4.98 Å². The SMILES string of the molecule is CCCCn1c(N)c(N(Cc2ccco2)C(=O)/C=C/C2=Cc3cc(Cl)ccc3OC2)c(=O)[nH]c1=O. The molecule has 0 spiro atoms. The number of ether oxygens (including phenoxy) is 1. The van der Waals surface area contributed by atoms with Gasteiger partial charge in [-0.1, -0.05) is 31.0 Å². The summed E-state index contributed by atoms with van der Waals surface area (Å²) >= 11 is 6.07. The molecule has 0 unspecified atom stereocenters. The average Bonchev–Trinajstić information content (AvgIpc) is 3.34. The molecule has 1 aliphatic heterocycles.